The maximum Gasteiger partial charge on any atom is 0.189 e. The molecule has 4 nitrogen and oxygen atoms in total. The van der Waals surface area contributed by atoms with Crippen molar-refractivity contribution in [3.05, 3.63) is 52.5 Å². The third kappa shape index (κ3) is 6.55. The summed E-state index contributed by atoms with van der Waals surface area (Å²) < 4.78 is 11.3. The molecule has 0 aromatic heterocycles. The van der Waals surface area contributed by atoms with Crippen LogP contribution in [-0.4, -0.2) is 21.5 Å². The molecule has 0 unspecified atom stereocenters. The van der Waals surface area contributed by atoms with Gasteiger partial charge >= 0.3 is 0 Å². The van der Waals surface area contributed by atoms with Crippen LogP contribution in [0.1, 0.15) is 11.1 Å². The Labute approximate surface area is 162 Å². The Hall–Kier alpha value is -1.69. The van der Waals surface area contributed by atoms with Crippen LogP contribution < -0.4 is 16.2 Å². The van der Waals surface area contributed by atoms with Gasteiger partial charge in [-0.15, -0.1) is 0 Å². The Bertz CT molecular complexity index is 732. The molecular formula is C20H29ClN2O2Si. The smallest absolute Gasteiger partial charge is 0.189 e. The molecule has 2 aromatic carbocycles. The van der Waals surface area contributed by atoms with E-state index in [4.69, 9.17) is 32.5 Å². The van der Waals surface area contributed by atoms with Gasteiger partial charge in [0.15, 0.2) is 6.79 Å². The van der Waals surface area contributed by atoms with Gasteiger partial charge in [0, 0.05) is 25.8 Å². The maximum atomic E-state index is 6.23. The molecule has 0 fully saturated rings. The van der Waals surface area contributed by atoms with Crippen LogP contribution in [-0.2, 0) is 17.6 Å². The zero-order valence-corrected chi connectivity index (χ0v) is 17.6. The average molecular weight is 393 g/mol. The number of benzene rings is 2. The zero-order valence-electron chi connectivity index (χ0n) is 15.8. The second kappa shape index (κ2) is 9.30. The molecule has 0 saturated carbocycles. The van der Waals surface area contributed by atoms with Crippen molar-refractivity contribution in [2.24, 2.45) is 0 Å². The highest BCUT2D eigenvalue weighted by Gasteiger charge is 2.12. The fourth-order valence-electron chi connectivity index (χ4n) is 2.52. The molecule has 26 heavy (non-hydrogen) atoms. The molecule has 0 aliphatic rings. The van der Waals surface area contributed by atoms with Gasteiger partial charge in [-0.2, -0.15) is 0 Å². The molecular weight excluding hydrogens is 364 g/mol. The van der Waals surface area contributed by atoms with Crippen LogP contribution in [0.5, 0.6) is 5.75 Å². The van der Waals surface area contributed by atoms with Gasteiger partial charge in [0.25, 0.3) is 0 Å². The minimum Gasteiger partial charge on any atom is -0.467 e. The van der Waals surface area contributed by atoms with Gasteiger partial charge in [-0.25, -0.2) is 0 Å². The Morgan fingerprint density at radius 1 is 1.00 bits per heavy atom. The van der Waals surface area contributed by atoms with E-state index in [2.05, 4.69) is 19.6 Å². The highest BCUT2D eigenvalue weighted by atomic mass is 35.5. The molecule has 6 heteroatoms. The summed E-state index contributed by atoms with van der Waals surface area (Å²) in [6.45, 7) is 7.91. The number of rotatable bonds is 9. The second-order valence-electron chi connectivity index (χ2n) is 7.66. The van der Waals surface area contributed by atoms with Crippen LogP contribution >= 0.6 is 11.6 Å². The fraction of sp³-hybridized carbons (Fsp3) is 0.400. The average Bonchev–Trinajstić information content (AvgIpc) is 2.56. The third-order valence-electron chi connectivity index (χ3n) is 4.20. The predicted molar refractivity (Wildman–Crippen MR) is 114 cm³/mol. The number of ether oxygens (including phenoxy) is 2. The first kappa shape index (κ1) is 20.6. The van der Waals surface area contributed by atoms with Crippen molar-refractivity contribution in [2.45, 2.75) is 38.5 Å². The third-order valence-corrected chi connectivity index (χ3v) is 6.27. The molecule has 0 heterocycles. The minimum absolute atomic E-state index is 0.220. The van der Waals surface area contributed by atoms with Crippen molar-refractivity contribution in [2.75, 3.05) is 24.9 Å². The minimum atomic E-state index is -1.09. The summed E-state index contributed by atoms with van der Waals surface area (Å²) in [5, 5.41) is 0.766. The van der Waals surface area contributed by atoms with Gasteiger partial charge in [-0.1, -0.05) is 49.4 Å². The summed E-state index contributed by atoms with van der Waals surface area (Å²) in [5.41, 5.74) is 15.4. The Morgan fingerprint density at radius 3 is 2.38 bits per heavy atom. The van der Waals surface area contributed by atoms with E-state index >= 15 is 0 Å². The summed E-state index contributed by atoms with van der Waals surface area (Å²) in [7, 11) is -1.09. The van der Waals surface area contributed by atoms with Crippen molar-refractivity contribution in [1.29, 1.82) is 0 Å². The number of nitrogen functional groups attached to an aromatic ring is 2. The van der Waals surface area contributed by atoms with Gasteiger partial charge in [0.2, 0.25) is 0 Å². The summed E-state index contributed by atoms with van der Waals surface area (Å²) in [6.07, 6.45) is 1.53. The van der Waals surface area contributed by atoms with Crippen LogP contribution in [0.3, 0.4) is 0 Å². The van der Waals surface area contributed by atoms with E-state index in [-0.39, 0.29) is 6.79 Å². The van der Waals surface area contributed by atoms with Crippen molar-refractivity contribution >= 4 is 31.0 Å². The quantitative estimate of drug-likeness (QED) is 0.273. The van der Waals surface area contributed by atoms with E-state index in [0.717, 1.165) is 41.6 Å². The van der Waals surface area contributed by atoms with Crippen molar-refractivity contribution < 1.29 is 9.47 Å². The first-order valence-electron chi connectivity index (χ1n) is 8.88. The molecule has 4 N–H and O–H groups in total. The summed E-state index contributed by atoms with van der Waals surface area (Å²) in [4.78, 5) is 0. The van der Waals surface area contributed by atoms with Gasteiger partial charge in [0.05, 0.1) is 11.4 Å². The SMILES string of the molecule is C[Si](C)(C)CCOCOc1cc(N)c(N)c(CCc2ccccc2Cl)c1. The van der Waals surface area contributed by atoms with E-state index < -0.39 is 8.07 Å². The largest absolute Gasteiger partial charge is 0.467 e. The number of aryl methyl sites for hydroxylation is 2. The Morgan fingerprint density at radius 2 is 1.69 bits per heavy atom. The molecule has 0 spiro atoms. The van der Waals surface area contributed by atoms with E-state index in [1.807, 2.05) is 30.3 Å². The normalized spacial score (nSPS) is 11.5. The highest BCUT2D eigenvalue weighted by Crippen LogP contribution is 2.29. The zero-order chi connectivity index (χ0) is 19.2. The first-order chi connectivity index (χ1) is 12.3. The predicted octanol–water partition coefficient (Wildman–Crippen LogP) is 4.98. The number of anilines is 2. The fourth-order valence-corrected chi connectivity index (χ4v) is 3.50. The molecule has 0 aliphatic heterocycles. The molecule has 0 aliphatic carbocycles. The highest BCUT2D eigenvalue weighted by molar-refractivity contribution is 6.76. The summed E-state index contributed by atoms with van der Waals surface area (Å²) in [6, 6.07) is 12.6. The Balaban J connectivity index is 1.94. The standard InChI is InChI=1S/C20H29ClN2O2Si/c1-26(2,3)11-10-24-14-25-17-12-16(20(23)19(22)13-17)9-8-15-6-4-5-7-18(15)21/h4-7,12-13H,8-11,14,22-23H2,1-3H3. The lowest BCUT2D eigenvalue weighted by atomic mass is 10.0. The molecule has 2 aromatic rings. The Kier molecular flexibility index (Phi) is 7.38. The number of hydrogen-bond donors (Lipinski definition) is 2. The summed E-state index contributed by atoms with van der Waals surface area (Å²) in [5.74, 6) is 0.680. The van der Waals surface area contributed by atoms with Crippen molar-refractivity contribution in [3.63, 3.8) is 0 Å². The van der Waals surface area contributed by atoms with Gasteiger partial charge in [-0.3, -0.25) is 0 Å². The van der Waals surface area contributed by atoms with E-state index in [9.17, 15) is 0 Å². The monoisotopic (exact) mass is 392 g/mol. The van der Waals surface area contributed by atoms with Crippen LogP contribution in [0.4, 0.5) is 11.4 Å². The van der Waals surface area contributed by atoms with Crippen LogP contribution in [0.25, 0.3) is 0 Å². The van der Waals surface area contributed by atoms with Gasteiger partial charge in [0.1, 0.15) is 5.75 Å². The molecule has 0 radical (unpaired) electrons. The van der Waals surface area contributed by atoms with E-state index in [1.165, 1.54) is 0 Å². The molecule has 0 bridgehead atoms. The van der Waals surface area contributed by atoms with E-state index in [1.54, 1.807) is 6.07 Å². The topological polar surface area (TPSA) is 70.5 Å². The molecule has 142 valence electrons. The lowest BCUT2D eigenvalue weighted by Gasteiger charge is -2.16. The van der Waals surface area contributed by atoms with Crippen LogP contribution in [0.2, 0.25) is 30.7 Å². The number of hydrogen-bond acceptors (Lipinski definition) is 4. The second-order valence-corrected chi connectivity index (χ2v) is 13.7. The molecule has 0 atom stereocenters. The van der Waals surface area contributed by atoms with Gasteiger partial charge in [-0.05, 0) is 42.1 Å². The van der Waals surface area contributed by atoms with Crippen LogP contribution in [0.15, 0.2) is 36.4 Å². The number of halogens is 1. The molecule has 2 rings (SSSR count). The lowest BCUT2D eigenvalue weighted by molar-refractivity contribution is 0.0220. The lowest BCUT2D eigenvalue weighted by Crippen LogP contribution is -2.22. The number of nitrogens with two attached hydrogens (primary N) is 2. The first-order valence-corrected chi connectivity index (χ1v) is 13.0. The van der Waals surface area contributed by atoms with E-state index in [0.29, 0.717) is 17.1 Å². The summed E-state index contributed by atoms with van der Waals surface area (Å²) >= 11 is 6.23. The maximum absolute atomic E-state index is 6.23. The molecule has 0 amide bonds. The van der Waals surface area contributed by atoms with Crippen molar-refractivity contribution in [3.8, 4) is 5.75 Å². The molecule has 0 saturated heterocycles. The van der Waals surface area contributed by atoms with Crippen LogP contribution in [0, 0.1) is 0 Å². The van der Waals surface area contributed by atoms with Gasteiger partial charge < -0.3 is 20.9 Å². The van der Waals surface area contributed by atoms with Crippen molar-refractivity contribution in [1.82, 2.24) is 0 Å².